The molecule has 1 aliphatic rings. The number of benzene rings is 1. The number of hydrogen-bond acceptors (Lipinski definition) is 2. The molecular formula is C14H17FN2O2. The van der Waals surface area contributed by atoms with E-state index >= 15 is 0 Å². The Morgan fingerprint density at radius 3 is 2.63 bits per heavy atom. The molecule has 1 aromatic rings. The summed E-state index contributed by atoms with van der Waals surface area (Å²) in [5.74, 6) is -0.553. The van der Waals surface area contributed by atoms with Gasteiger partial charge in [-0.3, -0.25) is 9.59 Å². The number of carbonyl (C=O) groups excluding carboxylic acids is 2. The summed E-state index contributed by atoms with van der Waals surface area (Å²) in [5, 5.41) is 2.83. The van der Waals surface area contributed by atoms with Crippen LogP contribution in [-0.2, 0) is 4.79 Å². The fraction of sp³-hybridized carbons (Fsp3) is 0.429. The monoisotopic (exact) mass is 264 g/mol. The zero-order chi connectivity index (χ0) is 13.8. The highest BCUT2D eigenvalue weighted by Crippen LogP contribution is 2.14. The molecule has 2 rings (SSSR count). The molecule has 1 fully saturated rings. The van der Waals surface area contributed by atoms with Crippen molar-refractivity contribution in [2.45, 2.75) is 25.8 Å². The molecule has 1 unspecified atom stereocenters. The van der Waals surface area contributed by atoms with Crippen LogP contribution in [0.5, 0.6) is 0 Å². The lowest BCUT2D eigenvalue weighted by atomic mass is 10.0. The van der Waals surface area contributed by atoms with Gasteiger partial charge in [0.1, 0.15) is 5.82 Å². The first-order valence-electron chi connectivity index (χ1n) is 6.38. The molecule has 1 atom stereocenters. The Hall–Kier alpha value is -1.91. The van der Waals surface area contributed by atoms with Gasteiger partial charge in [-0.1, -0.05) is 0 Å². The third kappa shape index (κ3) is 3.53. The number of rotatable bonds is 2. The van der Waals surface area contributed by atoms with Gasteiger partial charge >= 0.3 is 0 Å². The number of piperidine rings is 1. The Bertz CT molecular complexity index is 473. The highest BCUT2D eigenvalue weighted by atomic mass is 19.1. The van der Waals surface area contributed by atoms with Gasteiger partial charge < -0.3 is 10.2 Å². The Kier molecular flexibility index (Phi) is 4.14. The van der Waals surface area contributed by atoms with Crippen molar-refractivity contribution in [3.8, 4) is 0 Å². The first-order valence-corrected chi connectivity index (χ1v) is 6.38. The summed E-state index contributed by atoms with van der Waals surface area (Å²) in [4.78, 5) is 25.0. The van der Waals surface area contributed by atoms with Gasteiger partial charge in [-0.15, -0.1) is 0 Å². The van der Waals surface area contributed by atoms with E-state index in [9.17, 15) is 14.0 Å². The summed E-state index contributed by atoms with van der Waals surface area (Å²) in [5.41, 5.74) is 0.477. The van der Waals surface area contributed by atoms with E-state index in [1.807, 2.05) is 0 Å². The van der Waals surface area contributed by atoms with Gasteiger partial charge in [0.25, 0.3) is 5.91 Å². The van der Waals surface area contributed by atoms with Gasteiger partial charge in [0, 0.05) is 31.6 Å². The standard InChI is InChI=1S/C14H17FN2O2/c1-10(18)16-13-3-2-8-17(9-13)14(19)11-4-6-12(15)7-5-11/h4-7,13H,2-3,8-9H2,1H3,(H,16,18). The quantitative estimate of drug-likeness (QED) is 0.881. The van der Waals surface area contributed by atoms with Crippen molar-refractivity contribution in [2.24, 2.45) is 0 Å². The number of likely N-dealkylation sites (tertiary alicyclic amines) is 1. The Morgan fingerprint density at radius 2 is 2.00 bits per heavy atom. The lowest BCUT2D eigenvalue weighted by Gasteiger charge is -2.33. The van der Waals surface area contributed by atoms with Gasteiger partial charge in [-0.05, 0) is 37.1 Å². The molecular weight excluding hydrogens is 247 g/mol. The van der Waals surface area contributed by atoms with Gasteiger partial charge in [-0.2, -0.15) is 0 Å². The second-order valence-corrected chi connectivity index (χ2v) is 4.80. The maximum absolute atomic E-state index is 12.8. The van der Waals surface area contributed by atoms with Crippen LogP contribution in [0.2, 0.25) is 0 Å². The van der Waals surface area contributed by atoms with Crippen LogP contribution >= 0.6 is 0 Å². The fourth-order valence-corrected chi connectivity index (χ4v) is 2.34. The second-order valence-electron chi connectivity index (χ2n) is 4.80. The molecule has 19 heavy (non-hydrogen) atoms. The molecule has 0 aliphatic carbocycles. The Morgan fingerprint density at radius 1 is 1.32 bits per heavy atom. The van der Waals surface area contributed by atoms with Crippen LogP contribution in [0, 0.1) is 5.82 Å². The van der Waals surface area contributed by atoms with Crippen LogP contribution in [0.1, 0.15) is 30.1 Å². The van der Waals surface area contributed by atoms with Crippen molar-refractivity contribution < 1.29 is 14.0 Å². The predicted octanol–water partition coefficient (Wildman–Crippen LogP) is 1.57. The summed E-state index contributed by atoms with van der Waals surface area (Å²) in [7, 11) is 0. The number of nitrogens with one attached hydrogen (secondary N) is 1. The molecule has 2 amide bonds. The largest absolute Gasteiger partial charge is 0.352 e. The molecule has 1 aromatic carbocycles. The van der Waals surface area contributed by atoms with Gasteiger partial charge in [0.05, 0.1) is 0 Å². The summed E-state index contributed by atoms with van der Waals surface area (Å²) >= 11 is 0. The summed E-state index contributed by atoms with van der Waals surface area (Å²) in [6.45, 7) is 2.66. The number of hydrogen-bond donors (Lipinski definition) is 1. The highest BCUT2D eigenvalue weighted by molar-refractivity contribution is 5.94. The molecule has 1 heterocycles. The van der Waals surface area contributed by atoms with E-state index in [-0.39, 0.29) is 23.7 Å². The Labute approximate surface area is 111 Å². The molecule has 5 heteroatoms. The van der Waals surface area contributed by atoms with Crippen molar-refractivity contribution in [2.75, 3.05) is 13.1 Å². The molecule has 1 saturated heterocycles. The minimum absolute atomic E-state index is 0.00986. The molecule has 0 bridgehead atoms. The second kappa shape index (κ2) is 5.82. The Balaban J connectivity index is 2.02. The van der Waals surface area contributed by atoms with E-state index < -0.39 is 0 Å². The highest BCUT2D eigenvalue weighted by Gasteiger charge is 2.24. The number of nitrogens with zero attached hydrogens (tertiary/aromatic N) is 1. The molecule has 0 aromatic heterocycles. The van der Waals surface area contributed by atoms with Crippen molar-refractivity contribution in [3.05, 3.63) is 35.6 Å². The van der Waals surface area contributed by atoms with Crippen molar-refractivity contribution in [1.82, 2.24) is 10.2 Å². The van der Waals surface area contributed by atoms with Crippen LogP contribution in [0.25, 0.3) is 0 Å². The summed E-state index contributed by atoms with van der Waals surface area (Å²) in [6.07, 6.45) is 1.74. The molecule has 1 aliphatic heterocycles. The van der Waals surface area contributed by atoms with Crippen LogP contribution in [0.15, 0.2) is 24.3 Å². The van der Waals surface area contributed by atoms with Crippen molar-refractivity contribution in [3.63, 3.8) is 0 Å². The maximum atomic E-state index is 12.8. The van der Waals surface area contributed by atoms with Crippen LogP contribution in [0.4, 0.5) is 4.39 Å². The molecule has 0 saturated carbocycles. The number of amides is 2. The normalized spacial score (nSPS) is 19.1. The lowest BCUT2D eigenvalue weighted by Crippen LogP contribution is -2.49. The average molecular weight is 264 g/mol. The minimum Gasteiger partial charge on any atom is -0.352 e. The average Bonchev–Trinajstić information content (AvgIpc) is 2.38. The van der Waals surface area contributed by atoms with Crippen molar-refractivity contribution >= 4 is 11.8 Å². The molecule has 1 N–H and O–H groups in total. The fourth-order valence-electron chi connectivity index (χ4n) is 2.34. The molecule has 0 spiro atoms. The summed E-state index contributed by atoms with van der Waals surface area (Å²) in [6, 6.07) is 5.54. The molecule has 102 valence electrons. The topological polar surface area (TPSA) is 49.4 Å². The molecule has 0 radical (unpaired) electrons. The number of carbonyl (C=O) groups is 2. The predicted molar refractivity (Wildman–Crippen MR) is 69.1 cm³/mol. The first kappa shape index (κ1) is 13.5. The van der Waals surface area contributed by atoms with E-state index in [1.54, 1.807) is 4.90 Å². The van der Waals surface area contributed by atoms with Crippen LogP contribution in [-0.4, -0.2) is 35.8 Å². The number of halogens is 1. The van der Waals surface area contributed by atoms with Crippen molar-refractivity contribution in [1.29, 1.82) is 0 Å². The van der Waals surface area contributed by atoms with Gasteiger partial charge in [0.2, 0.25) is 5.91 Å². The third-order valence-electron chi connectivity index (χ3n) is 3.21. The van der Waals surface area contributed by atoms with E-state index in [1.165, 1.54) is 31.2 Å². The van der Waals surface area contributed by atoms with Gasteiger partial charge in [0.15, 0.2) is 0 Å². The van der Waals surface area contributed by atoms with E-state index in [0.29, 0.717) is 18.7 Å². The zero-order valence-electron chi connectivity index (χ0n) is 10.9. The minimum atomic E-state index is -0.355. The summed E-state index contributed by atoms with van der Waals surface area (Å²) < 4.78 is 12.8. The third-order valence-corrected chi connectivity index (χ3v) is 3.21. The molecule has 4 nitrogen and oxygen atoms in total. The SMILES string of the molecule is CC(=O)NC1CCCN(C(=O)c2ccc(F)cc2)C1. The smallest absolute Gasteiger partial charge is 0.253 e. The first-order chi connectivity index (χ1) is 9.06. The van der Waals surface area contributed by atoms with Gasteiger partial charge in [-0.25, -0.2) is 4.39 Å². The van der Waals surface area contributed by atoms with E-state index in [4.69, 9.17) is 0 Å². The van der Waals surface area contributed by atoms with E-state index in [2.05, 4.69) is 5.32 Å². The van der Waals surface area contributed by atoms with Crippen LogP contribution in [0.3, 0.4) is 0 Å². The lowest BCUT2D eigenvalue weighted by molar-refractivity contribution is -0.120. The maximum Gasteiger partial charge on any atom is 0.253 e. The van der Waals surface area contributed by atoms with E-state index in [0.717, 1.165) is 12.8 Å². The zero-order valence-corrected chi connectivity index (χ0v) is 10.9. The van der Waals surface area contributed by atoms with Crippen LogP contribution < -0.4 is 5.32 Å².